The van der Waals surface area contributed by atoms with Gasteiger partial charge in [0.05, 0.1) is 22.3 Å². The molecule has 2 atom stereocenters. The second kappa shape index (κ2) is 11.6. The Labute approximate surface area is 290 Å². The van der Waals surface area contributed by atoms with Gasteiger partial charge in [0.15, 0.2) is 0 Å². The molecule has 1 aliphatic heterocycles. The van der Waals surface area contributed by atoms with Crippen molar-refractivity contribution in [2.24, 2.45) is 4.99 Å². The van der Waals surface area contributed by atoms with Crippen molar-refractivity contribution in [3.05, 3.63) is 191 Å². The van der Waals surface area contributed by atoms with Crippen molar-refractivity contribution in [2.75, 3.05) is 0 Å². The third-order valence-corrected chi connectivity index (χ3v) is 10.3. The van der Waals surface area contributed by atoms with Gasteiger partial charge in [-0.1, -0.05) is 133 Å². The highest BCUT2D eigenvalue weighted by molar-refractivity contribution is 6.13. The van der Waals surface area contributed by atoms with Gasteiger partial charge in [0.2, 0.25) is 6.29 Å². The number of allylic oxidation sites excluding steroid dienone is 1. The third kappa shape index (κ3) is 4.64. The molecule has 8 aromatic rings. The lowest BCUT2D eigenvalue weighted by Crippen LogP contribution is -2.31. The van der Waals surface area contributed by atoms with Gasteiger partial charge in [0.1, 0.15) is 0 Å². The molecule has 2 aromatic heterocycles. The molecule has 50 heavy (non-hydrogen) atoms. The molecule has 3 heterocycles. The fourth-order valence-electron chi connectivity index (χ4n) is 7.96. The lowest BCUT2D eigenvalue weighted by atomic mass is 9.90. The number of aromatic nitrogens is 2. The maximum Gasteiger partial charge on any atom is 0.201 e. The molecule has 4 heteroatoms. The highest BCUT2D eigenvalue weighted by Crippen LogP contribution is 2.37. The standard InChI is InChI=1S/C46H34N4/c1-4-14-31(15-5-1)40-30-41(32-16-6-2-7-17-32)48-46(47-40)50-43-23-13-11-21-37(43)39-29-34(25-27-45(39)50)33-24-26-44-38(28-33)36-20-10-12-22-42(36)49(44)35-18-8-3-9-19-35/h1-23,25-30,33,46-47H,24H2. The van der Waals surface area contributed by atoms with Crippen LogP contribution in [0.2, 0.25) is 0 Å². The molecule has 6 aromatic carbocycles. The molecule has 1 aliphatic carbocycles. The fourth-order valence-corrected chi connectivity index (χ4v) is 7.96. The summed E-state index contributed by atoms with van der Waals surface area (Å²) in [5, 5.41) is 10.2. The monoisotopic (exact) mass is 642 g/mol. The second-order valence-electron chi connectivity index (χ2n) is 13.2. The van der Waals surface area contributed by atoms with E-state index in [1.807, 2.05) is 0 Å². The quantitative estimate of drug-likeness (QED) is 0.200. The van der Waals surface area contributed by atoms with Crippen LogP contribution in [0.3, 0.4) is 0 Å². The minimum atomic E-state index is -0.320. The predicted octanol–water partition coefficient (Wildman–Crippen LogP) is 9.08. The van der Waals surface area contributed by atoms with E-state index in [1.165, 1.54) is 49.0 Å². The molecule has 0 bridgehead atoms. The van der Waals surface area contributed by atoms with Crippen LogP contribution in [-0.2, 0) is 0 Å². The molecule has 0 radical (unpaired) electrons. The van der Waals surface area contributed by atoms with Crippen molar-refractivity contribution >= 4 is 56.3 Å². The summed E-state index contributed by atoms with van der Waals surface area (Å²) in [6.45, 7) is 0. The molecule has 2 aliphatic rings. The Bertz CT molecular complexity index is 2750. The molecular weight excluding hydrogens is 609 g/mol. The topological polar surface area (TPSA) is 34.2 Å². The SMILES string of the molecule is C1=C(c2ccccc2)NC(n2c3ccccc3c3cc(C4C=c5c(n(-c6ccccc6)c6ccccc56)=CC4)ccc32)N=C1c1ccccc1. The van der Waals surface area contributed by atoms with Crippen molar-refractivity contribution in [3.63, 3.8) is 0 Å². The van der Waals surface area contributed by atoms with Crippen molar-refractivity contribution in [1.82, 2.24) is 14.5 Å². The van der Waals surface area contributed by atoms with Crippen LogP contribution < -0.4 is 15.9 Å². The van der Waals surface area contributed by atoms with E-state index in [0.717, 1.165) is 34.5 Å². The van der Waals surface area contributed by atoms with Gasteiger partial charge >= 0.3 is 0 Å². The summed E-state index contributed by atoms with van der Waals surface area (Å²) in [6.07, 6.45) is 7.73. The molecular formula is C46H34N4. The Hall–Kier alpha value is -6.39. The van der Waals surface area contributed by atoms with Crippen molar-refractivity contribution < 1.29 is 0 Å². The Balaban J connectivity index is 1.11. The number of fused-ring (bicyclic) bond motifs is 6. The molecule has 238 valence electrons. The average Bonchev–Trinajstić information content (AvgIpc) is 3.71. The van der Waals surface area contributed by atoms with Crippen molar-refractivity contribution in [3.8, 4) is 5.69 Å². The van der Waals surface area contributed by atoms with E-state index < -0.39 is 0 Å². The Morgan fingerprint density at radius 2 is 1.22 bits per heavy atom. The second-order valence-corrected chi connectivity index (χ2v) is 13.2. The van der Waals surface area contributed by atoms with Gasteiger partial charge in [-0.3, -0.25) is 0 Å². The normalized spacial score (nSPS) is 17.0. The largest absolute Gasteiger partial charge is 0.346 e. The molecule has 0 saturated heterocycles. The molecule has 10 rings (SSSR count). The fraction of sp³-hybridized carbons (Fsp3) is 0.0652. The first kappa shape index (κ1) is 28.6. The van der Waals surface area contributed by atoms with Crippen LogP contribution in [0.5, 0.6) is 0 Å². The smallest absolute Gasteiger partial charge is 0.201 e. The predicted molar refractivity (Wildman–Crippen MR) is 208 cm³/mol. The zero-order valence-electron chi connectivity index (χ0n) is 27.4. The first-order valence-corrected chi connectivity index (χ1v) is 17.4. The van der Waals surface area contributed by atoms with Crippen LogP contribution in [0, 0.1) is 0 Å². The van der Waals surface area contributed by atoms with Crippen LogP contribution in [0.4, 0.5) is 0 Å². The number of hydrogen-bond donors (Lipinski definition) is 1. The number of benzene rings is 6. The summed E-state index contributed by atoms with van der Waals surface area (Å²) < 4.78 is 4.78. The summed E-state index contributed by atoms with van der Waals surface area (Å²) >= 11 is 0. The van der Waals surface area contributed by atoms with Crippen molar-refractivity contribution in [2.45, 2.75) is 18.6 Å². The summed E-state index contributed by atoms with van der Waals surface area (Å²) in [6, 6.07) is 56.3. The molecule has 1 N–H and O–H groups in total. The summed E-state index contributed by atoms with van der Waals surface area (Å²) in [7, 11) is 0. The zero-order chi connectivity index (χ0) is 33.0. The van der Waals surface area contributed by atoms with Crippen LogP contribution in [0.1, 0.15) is 35.3 Å². The molecule has 0 fully saturated rings. The number of hydrogen-bond acceptors (Lipinski definition) is 2. The number of aliphatic imine (C=N–C) groups is 1. The van der Waals surface area contributed by atoms with Gasteiger partial charge in [0.25, 0.3) is 0 Å². The maximum atomic E-state index is 5.34. The van der Waals surface area contributed by atoms with E-state index in [-0.39, 0.29) is 12.2 Å². The van der Waals surface area contributed by atoms with Crippen molar-refractivity contribution in [1.29, 1.82) is 0 Å². The Kier molecular flexibility index (Phi) is 6.66. The van der Waals surface area contributed by atoms with E-state index in [0.29, 0.717) is 0 Å². The van der Waals surface area contributed by atoms with Crippen LogP contribution in [0.25, 0.3) is 56.2 Å². The highest BCUT2D eigenvalue weighted by Gasteiger charge is 2.24. The lowest BCUT2D eigenvalue weighted by Gasteiger charge is -2.27. The summed E-state index contributed by atoms with van der Waals surface area (Å²) in [4.78, 5) is 5.34. The summed E-state index contributed by atoms with van der Waals surface area (Å²) in [5.74, 6) is 0.271. The van der Waals surface area contributed by atoms with Crippen LogP contribution in [0.15, 0.2) is 169 Å². The van der Waals surface area contributed by atoms with Gasteiger partial charge < -0.3 is 14.5 Å². The number of nitrogens with zero attached hydrogens (tertiary/aromatic N) is 3. The molecule has 2 unspecified atom stereocenters. The minimum absolute atomic E-state index is 0.271. The molecule has 4 nitrogen and oxygen atoms in total. The number of rotatable bonds is 5. The van der Waals surface area contributed by atoms with E-state index in [9.17, 15) is 0 Å². The van der Waals surface area contributed by atoms with E-state index >= 15 is 0 Å². The van der Waals surface area contributed by atoms with Gasteiger partial charge in [0, 0.05) is 44.0 Å². The van der Waals surface area contributed by atoms with Gasteiger partial charge in [-0.05, 0) is 65.6 Å². The first-order chi connectivity index (χ1) is 24.8. The average molecular weight is 643 g/mol. The third-order valence-electron chi connectivity index (χ3n) is 10.3. The van der Waals surface area contributed by atoms with Gasteiger partial charge in [-0.2, -0.15) is 0 Å². The van der Waals surface area contributed by atoms with E-state index in [2.05, 4.69) is 190 Å². The zero-order valence-corrected chi connectivity index (χ0v) is 27.4. The van der Waals surface area contributed by atoms with Gasteiger partial charge in [-0.15, -0.1) is 0 Å². The molecule has 0 spiro atoms. The molecule has 0 amide bonds. The number of para-hydroxylation sites is 3. The lowest BCUT2D eigenvalue weighted by molar-refractivity contribution is 0.508. The van der Waals surface area contributed by atoms with E-state index in [1.54, 1.807) is 0 Å². The molecule has 0 saturated carbocycles. The maximum absolute atomic E-state index is 5.34. The summed E-state index contributed by atoms with van der Waals surface area (Å²) in [5.41, 5.74) is 10.4. The Morgan fingerprint density at radius 3 is 2.00 bits per heavy atom. The van der Waals surface area contributed by atoms with E-state index in [4.69, 9.17) is 4.99 Å². The number of nitrogens with one attached hydrogen (secondary N) is 1. The highest BCUT2D eigenvalue weighted by atomic mass is 15.3. The van der Waals surface area contributed by atoms with Crippen LogP contribution in [-0.4, -0.2) is 14.8 Å². The van der Waals surface area contributed by atoms with Gasteiger partial charge in [-0.25, -0.2) is 4.99 Å². The first-order valence-electron chi connectivity index (χ1n) is 17.4. The Morgan fingerprint density at radius 1 is 0.580 bits per heavy atom. The van der Waals surface area contributed by atoms with Crippen LogP contribution >= 0.6 is 0 Å². The minimum Gasteiger partial charge on any atom is -0.346 e.